The fourth-order valence-corrected chi connectivity index (χ4v) is 3.34. The first-order valence-corrected chi connectivity index (χ1v) is 10.0. The summed E-state index contributed by atoms with van der Waals surface area (Å²) in [4.78, 5) is 22.4. The third-order valence-corrected chi connectivity index (χ3v) is 4.93. The Morgan fingerprint density at radius 3 is 2.61 bits per heavy atom. The summed E-state index contributed by atoms with van der Waals surface area (Å²) in [5.74, 6) is -0.645. The molecule has 148 valence electrons. The van der Waals surface area contributed by atoms with Gasteiger partial charge in [-0.15, -0.1) is 0 Å². The van der Waals surface area contributed by atoms with Gasteiger partial charge in [0.2, 0.25) is 10.0 Å². The lowest BCUT2D eigenvalue weighted by atomic mass is 10.1. The number of rotatable bonds is 7. The molecule has 2 aromatic carbocycles. The fourth-order valence-electron chi connectivity index (χ4n) is 2.43. The van der Waals surface area contributed by atoms with Crippen molar-refractivity contribution in [1.29, 1.82) is 0 Å². The molecule has 0 aliphatic rings. The number of sulfonamides is 1. The highest BCUT2D eigenvalue weighted by Crippen LogP contribution is 2.23. The summed E-state index contributed by atoms with van der Waals surface area (Å²) in [5.41, 5.74) is 4.55. The van der Waals surface area contributed by atoms with Gasteiger partial charge in [0.1, 0.15) is 6.54 Å². The van der Waals surface area contributed by atoms with Gasteiger partial charge in [-0.1, -0.05) is 24.3 Å². The number of hydrazone groups is 1. The van der Waals surface area contributed by atoms with Crippen molar-refractivity contribution in [2.45, 2.75) is 13.8 Å². The number of aryl methyl sites for hydroxylation is 2. The van der Waals surface area contributed by atoms with Crippen LogP contribution in [0.25, 0.3) is 0 Å². The zero-order valence-corrected chi connectivity index (χ0v) is 16.4. The third-order valence-electron chi connectivity index (χ3n) is 3.80. The number of anilines is 1. The number of carbonyl (C=O) groups is 1. The SMILES string of the molecule is Cc1ccc(C)c(N(CC(=O)N/N=C\c2cccc([N+](=O)[O-])c2)S(C)(=O)=O)c1. The largest absolute Gasteiger partial charge is 0.271 e. The van der Waals surface area contributed by atoms with E-state index in [4.69, 9.17) is 0 Å². The van der Waals surface area contributed by atoms with Crippen LogP contribution in [-0.2, 0) is 14.8 Å². The van der Waals surface area contributed by atoms with Gasteiger partial charge in [-0.3, -0.25) is 19.2 Å². The van der Waals surface area contributed by atoms with Crippen molar-refractivity contribution in [3.8, 4) is 0 Å². The molecule has 9 nitrogen and oxygen atoms in total. The molecule has 0 heterocycles. The Morgan fingerprint density at radius 1 is 1.25 bits per heavy atom. The Labute approximate surface area is 162 Å². The molecule has 28 heavy (non-hydrogen) atoms. The quantitative estimate of drug-likeness (QED) is 0.430. The van der Waals surface area contributed by atoms with E-state index in [1.54, 1.807) is 25.1 Å². The molecule has 0 saturated carbocycles. The molecular formula is C18H20N4O5S. The molecule has 0 spiro atoms. The Hall–Kier alpha value is -3.27. The average Bonchev–Trinajstić information content (AvgIpc) is 2.61. The molecule has 0 aliphatic heterocycles. The molecule has 2 aromatic rings. The minimum atomic E-state index is -3.70. The van der Waals surface area contributed by atoms with Gasteiger partial charge in [0, 0.05) is 17.7 Å². The summed E-state index contributed by atoms with van der Waals surface area (Å²) in [6.45, 7) is 3.13. The number of nitrogens with zero attached hydrogens (tertiary/aromatic N) is 3. The minimum Gasteiger partial charge on any atom is -0.271 e. The number of benzene rings is 2. The monoisotopic (exact) mass is 404 g/mol. The number of nitrogens with one attached hydrogen (secondary N) is 1. The number of nitro benzene ring substituents is 1. The standard InChI is InChI=1S/C18H20N4O5S/c1-13-7-8-14(2)17(9-13)21(28(3,26)27)12-18(23)20-19-11-15-5-4-6-16(10-15)22(24)25/h4-11H,12H2,1-3H3,(H,20,23)/b19-11-. The van der Waals surface area contributed by atoms with Crippen molar-refractivity contribution in [1.82, 2.24) is 5.43 Å². The van der Waals surface area contributed by atoms with E-state index < -0.39 is 27.4 Å². The second-order valence-corrected chi connectivity index (χ2v) is 8.11. The average molecular weight is 404 g/mol. The lowest BCUT2D eigenvalue weighted by Gasteiger charge is -2.23. The van der Waals surface area contributed by atoms with Gasteiger partial charge in [-0.05, 0) is 31.0 Å². The van der Waals surface area contributed by atoms with Crippen molar-refractivity contribution < 1.29 is 18.1 Å². The molecule has 0 unspecified atom stereocenters. The van der Waals surface area contributed by atoms with Gasteiger partial charge in [0.25, 0.3) is 11.6 Å². The zero-order chi connectivity index (χ0) is 20.9. The molecule has 0 radical (unpaired) electrons. The van der Waals surface area contributed by atoms with Crippen molar-refractivity contribution in [3.63, 3.8) is 0 Å². The maximum atomic E-state index is 12.2. The van der Waals surface area contributed by atoms with Crippen LogP contribution >= 0.6 is 0 Å². The molecule has 0 aromatic heterocycles. The number of nitro groups is 1. The lowest BCUT2D eigenvalue weighted by molar-refractivity contribution is -0.384. The molecular weight excluding hydrogens is 384 g/mol. The van der Waals surface area contributed by atoms with Crippen LogP contribution in [0.3, 0.4) is 0 Å². The highest BCUT2D eigenvalue weighted by Gasteiger charge is 2.22. The molecule has 0 fully saturated rings. The predicted molar refractivity (Wildman–Crippen MR) is 107 cm³/mol. The summed E-state index contributed by atoms with van der Waals surface area (Å²) >= 11 is 0. The van der Waals surface area contributed by atoms with Gasteiger partial charge in [0.05, 0.1) is 23.1 Å². The molecule has 1 amide bonds. The molecule has 0 atom stereocenters. The van der Waals surface area contributed by atoms with Crippen molar-refractivity contribution in [3.05, 3.63) is 69.3 Å². The van der Waals surface area contributed by atoms with Gasteiger partial charge < -0.3 is 0 Å². The van der Waals surface area contributed by atoms with E-state index in [1.807, 2.05) is 13.0 Å². The van der Waals surface area contributed by atoms with Crippen LogP contribution < -0.4 is 9.73 Å². The summed E-state index contributed by atoms with van der Waals surface area (Å²) < 4.78 is 25.3. The van der Waals surface area contributed by atoms with Crippen LogP contribution in [0.1, 0.15) is 16.7 Å². The van der Waals surface area contributed by atoms with E-state index in [1.165, 1.54) is 24.4 Å². The van der Waals surface area contributed by atoms with Gasteiger partial charge in [-0.2, -0.15) is 5.10 Å². The number of hydrogen-bond acceptors (Lipinski definition) is 6. The van der Waals surface area contributed by atoms with Gasteiger partial charge in [0.15, 0.2) is 0 Å². The smallest absolute Gasteiger partial charge is 0.270 e. The maximum absolute atomic E-state index is 12.2. The van der Waals surface area contributed by atoms with E-state index in [0.29, 0.717) is 16.8 Å². The number of amides is 1. The van der Waals surface area contributed by atoms with Gasteiger partial charge >= 0.3 is 0 Å². The molecule has 0 saturated heterocycles. The summed E-state index contributed by atoms with van der Waals surface area (Å²) in [7, 11) is -3.70. The Balaban J connectivity index is 2.13. The van der Waals surface area contributed by atoms with Gasteiger partial charge in [-0.25, -0.2) is 13.8 Å². The topological polar surface area (TPSA) is 122 Å². The molecule has 0 bridgehead atoms. The lowest BCUT2D eigenvalue weighted by Crippen LogP contribution is -2.39. The van der Waals surface area contributed by atoms with Crippen LogP contribution in [0.4, 0.5) is 11.4 Å². The van der Waals surface area contributed by atoms with Crippen LogP contribution in [0.5, 0.6) is 0 Å². The highest BCUT2D eigenvalue weighted by molar-refractivity contribution is 7.92. The Kier molecular flexibility index (Phi) is 6.47. The first kappa shape index (κ1) is 21.0. The Bertz CT molecular complexity index is 1030. The number of non-ortho nitro benzene ring substituents is 1. The molecule has 0 aliphatic carbocycles. The van der Waals surface area contributed by atoms with Crippen molar-refractivity contribution in [2.24, 2.45) is 5.10 Å². The fraction of sp³-hybridized carbons (Fsp3) is 0.222. The van der Waals surface area contributed by atoms with E-state index in [0.717, 1.165) is 16.1 Å². The molecule has 1 N–H and O–H groups in total. The zero-order valence-electron chi connectivity index (χ0n) is 15.6. The summed E-state index contributed by atoms with van der Waals surface area (Å²) in [6, 6.07) is 11.0. The second-order valence-electron chi connectivity index (χ2n) is 6.20. The van der Waals surface area contributed by atoms with Crippen molar-refractivity contribution in [2.75, 3.05) is 17.1 Å². The number of hydrogen-bond donors (Lipinski definition) is 1. The summed E-state index contributed by atoms with van der Waals surface area (Å²) in [5, 5.41) is 14.5. The number of carbonyl (C=O) groups excluding carboxylic acids is 1. The van der Waals surface area contributed by atoms with E-state index >= 15 is 0 Å². The highest BCUT2D eigenvalue weighted by atomic mass is 32.2. The molecule has 2 rings (SSSR count). The normalized spacial score (nSPS) is 11.4. The summed E-state index contributed by atoms with van der Waals surface area (Å²) in [6.07, 6.45) is 2.27. The van der Waals surface area contributed by atoms with Crippen molar-refractivity contribution >= 4 is 33.5 Å². The second kappa shape index (κ2) is 8.61. The van der Waals surface area contributed by atoms with Crippen LogP contribution in [0, 0.1) is 24.0 Å². The van der Waals surface area contributed by atoms with Crippen LogP contribution in [-0.4, -0.2) is 38.3 Å². The van der Waals surface area contributed by atoms with E-state index in [9.17, 15) is 23.3 Å². The minimum absolute atomic E-state index is 0.103. The maximum Gasteiger partial charge on any atom is 0.270 e. The third kappa shape index (κ3) is 5.61. The Morgan fingerprint density at radius 2 is 1.96 bits per heavy atom. The molecule has 10 heteroatoms. The van der Waals surface area contributed by atoms with Crippen LogP contribution in [0.2, 0.25) is 0 Å². The predicted octanol–water partition coefficient (Wildman–Crippen LogP) is 2.13. The first-order chi connectivity index (χ1) is 13.1. The van der Waals surface area contributed by atoms with E-state index in [-0.39, 0.29) is 5.69 Å². The van der Waals surface area contributed by atoms with Crippen LogP contribution in [0.15, 0.2) is 47.6 Å². The first-order valence-electron chi connectivity index (χ1n) is 8.19. The van der Waals surface area contributed by atoms with E-state index in [2.05, 4.69) is 10.5 Å².